The standard InChI is InChI=1S/C21H20ClNO2/c1-2-19(25-20-13-6-5-12-18(20)22)21(24)23-14-16-10-7-9-15-8-3-4-11-17(15)16/h3-13,19H,2,14H2,1H3,(H,23,24)/t19-/m0/s1. The number of carbonyl (C=O) groups is 1. The molecule has 3 aromatic carbocycles. The van der Waals surface area contributed by atoms with E-state index in [-0.39, 0.29) is 5.91 Å². The quantitative estimate of drug-likeness (QED) is 0.679. The first-order valence-electron chi connectivity index (χ1n) is 8.34. The van der Waals surface area contributed by atoms with E-state index >= 15 is 0 Å². The third kappa shape index (κ3) is 4.12. The predicted molar refractivity (Wildman–Crippen MR) is 102 cm³/mol. The highest BCUT2D eigenvalue weighted by atomic mass is 35.5. The van der Waals surface area contributed by atoms with E-state index in [9.17, 15) is 4.79 Å². The van der Waals surface area contributed by atoms with Crippen molar-refractivity contribution < 1.29 is 9.53 Å². The van der Waals surface area contributed by atoms with Crippen LogP contribution in [0.2, 0.25) is 5.02 Å². The van der Waals surface area contributed by atoms with E-state index in [0.717, 1.165) is 16.3 Å². The van der Waals surface area contributed by atoms with Gasteiger partial charge in [0.25, 0.3) is 5.91 Å². The largest absolute Gasteiger partial charge is 0.479 e. The molecule has 0 radical (unpaired) electrons. The molecule has 0 aliphatic heterocycles. The summed E-state index contributed by atoms with van der Waals surface area (Å²) in [7, 11) is 0. The van der Waals surface area contributed by atoms with Gasteiger partial charge >= 0.3 is 0 Å². The number of nitrogens with one attached hydrogen (secondary N) is 1. The third-order valence-corrected chi connectivity index (χ3v) is 4.41. The first kappa shape index (κ1) is 17.3. The molecule has 0 aromatic heterocycles. The Morgan fingerprint density at radius 1 is 1.04 bits per heavy atom. The minimum Gasteiger partial charge on any atom is -0.479 e. The Bertz CT molecular complexity index is 873. The molecule has 0 saturated carbocycles. The summed E-state index contributed by atoms with van der Waals surface area (Å²) >= 11 is 6.11. The molecular formula is C21H20ClNO2. The van der Waals surface area contributed by atoms with Crippen LogP contribution in [-0.4, -0.2) is 12.0 Å². The summed E-state index contributed by atoms with van der Waals surface area (Å²) in [5.74, 6) is 0.381. The Kier molecular flexibility index (Phi) is 5.56. The molecule has 128 valence electrons. The number of hydrogen-bond acceptors (Lipinski definition) is 2. The molecule has 0 unspecified atom stereocenters. The normalized spacial score (nSPS) is 11.9. The van der Waals surface area contributed by atoms with Gasteiger partial charge in [0.15, 0.2) is 6.10 Å². The number of halogens is 1. The number of fused-ring (bicyclic) bond motifs is 1. The van der Waals surface area contributed by atoms with Gasteiger partial charge in [-0.3, -0.25) is 4.79 Å². The van der Waals surface area contributed by atoms with Crippen molar-refractivity contribution in [2.45, 2.75) is 26.0 Å². The molecule has 4 heteroatoms. The number of amides is 1. The van der Waals surface area contributed by atoms with Crippen molar-refractivity contribution in [1.29, 1.82) is 0 Å². The fourth-order valence-corrected chi connectivity index (χ4v) is 2.94. The summed E-state index contributed by atoms with van der Waals surface area (Å²) in [5, 5.41) is 5.78. The zero-order valence-electron chi connectivity index (χ0n) is 14.0. The van der Waals surface area contributed by atoms with Crippen LogP contribution in [0.1, 0.15) is 18.9 Å². The van der Waals surface area contributed by atoms with Crippen molar-refractivity contribution in [3.8, 4) is 5.75 Å². The molecule has 0 saturated heterocycles. The van der Waals surface area contributed by atoms with Crippen LogP contribution < -0.4 is 10.1 Å². The Balaban J connectivity index is 1.69. The van der Waals surface area contributed by atoms with Crippen molar-refractivity contribution in [3.63, 3.8) is 0 Å². The molecule has 0 aliphatic rings. The Labute approximate surface area is 152 Å². The van der Waals surface area contributed by atoms with Gasteiger partial charge in [-0.1, -0.05) is 73.1 Å². The molecule has 25 heavy (non-hydrogen) atoms. The van der Waals surface area contributed by atoms with Crippen LogP contribution in [0.15, 0.2) is 66.7 Å². The molecule has 3 nitrogen and oxygen atoms in total. The van der Waals surface area contributed by atoms with Gasteiger partial charge in [0.1, 0.15) is 5.75 Å². The Morgan fingerprint density at radius 2 is 1.76 bits per heavy atom. The summed E-state index contributed by atoms with van der Waals surface area (Å²) in [6, 6.07) is 21.4. The minimum absolute atomic E-state index is 0.143. The predicted octanol–water partition coefficient (Wildman–Crippen LogP) is 4.97. The summed E-state index contributed by atoms with van der Waals surface area (Å²) in [5.41, 5.74) is 1.08. The van der Waals surface area contributed by atoms with E-state index in [4.69, 9.17) is 16.3 Å². The maximum absolute atomic E-state index is 12.5. The van der Waals surface area contributed by atoms with Gasteiger partial charge in [-0.25, -0.2) is 0 Å². The lowest BCUT2D eigenvalue weighted by atomic mass is 10.0. The lowest BCUT2D eigenvalue weighted by Crippen LogP contribution is -2.37. The molecule has 0 bridgehead atoms. The molecule has 0 aliphatic carbocycles. The highest BCUT2D eigenvalue weighted by Crippen LogP contribution is 2.25. The van der Waals surface area contributed by atoms with Gasteiger partial charge in [-0.05, 0) is 34.9 Å². The Morgan fingerprint density at radius 3 is 2.56 bits per heavy atom. The maximum atomic E-state index is 12.5. The minimum atomic E-state index is -0.574. The zero-order valence-corrected chi connectivity index (χ0v) is 14.8. The first-order chi connectivity index (χ1) is 12.2. The lowest BCUT2D eigenvalue weighted by Gasteiger charge is -2.18. The fourth-order valence-electron chi connectivity index (χ4n) is 2.76. The summed E-state index contributed by atoms with van der Waals surface area (Å²) in [6.07, 6.45) is -0.0121. The third-order valence-electron chi connectivity index (χ3n) is 4.10. The van der Waals surface area contributed by atoms with Gasteiger partial charge in [0.2, 0.25) is 0 Å². The Hall–Kier alpha value is -2.52. The van der Waals surface area contributed by atoms with Gasteiger partial charge in [-0.15, -0.1) is 0 Å². The van der Waals surface area contributed by atoms with Gasteiger partial charge in [-0.2, -0.15) is 0 Å². The summed E-state index contributed by atoms with van der Waals surface area (Å²) < 4.78 is 5.79. The van der Waals surface area contributed by atoms with Crippen LogP contribution >= 0.6 is 11.6 Å². The average molecular weight is 354 g/mol. The molecule has 3 aromatic rings. The molecule has 0 heterocycles. The first-order valence-corrected chi connectivity index (χ1v) is 8.72. The summed E-state index contributed by atoms with van der Waals surface area (Å²) in [4.78, 5) is 12.5. The van der Waals surface area contributed by atoms with Crippen LogP contribution in [0, 0.1) is 0 Å². The SMILES string of the molecule is CC[C@H](Oc1ccccc1Cl)C(=O)NCc1cccc2ccccc12. The molecule has 1 atom stereocenters. The summed E-state index contributed by atoms with van der Waals surface area (Å²) in [6.45, 7) is 2.38. The number of hydrogen-bond donors (Lipinski definition) is 1. The smallest absolute Gasteiger partial charge is 0.261 e. The number of ether oxygens (including phenoxy) is 1. The molecule has 3 rings (SSSR count). The van der Waals surface area contributed by atoms with Crippen molar-refractivity contribution in [1.82, 2.24) is 5.32 Å². The second kappa shape index (κ2) is 8.04. The van der Waals surface area contributed by atoms with E-state index < -0.39 is 6.10 Å². The van der Waals surface area contributed by atoms with Crippen LogP contribution in [0.5, 0.6) is 5.75 Å². The number of carbonyl (C=O) groups excluding carboxylic acids is 1. The van der Waals surface area contributed by atoms with E-state index in [1.165, 1.54) is 0 Å². The van der Waals surface area contributed by atoms with Crippen LogP contribution in [-0.2, 0) is 11.3 Å². The molecular weight excluding hydrogens is 334 g/mol. The number of para-hydroxylation sites is 1. The van der Waals surface area contributed by atoms with E-state index in [1.54, 1.807) is 12.1 Å². The van der Waals surface area contributed by atoms with Crippen LogP contribution in [0.3, 0.4) is 0 Å². The van der Waals surface area contributed by atoms with Crippen molar-refractivity contribution in [3.05, 3.63) is 77.3 Å². The zero-order chi connectivity index (χ0) is 17.6. The monoisotopic (exact) mass is 353 g/mol. The second-order valence-electron chi connectivity index (χ2n) is 5.80. The van der Waals surface area contributed by atoms with Gasteiger partial charge in [0, 0.05) is 6.54 Å². The molecule has 1 amide bonds. The van der Waals surface area contributed by atoms with Gasteiger partial charge < -0.3 is 10.1 Å². The lowest BCUT2D eigenvalue weighted by molar-refractivity contribution is -0.128. The molecule has 0 fully saturated rings. The highest BCUT2D eigenvalue weighted by molar-refractivity contribution is 6.32. The van der Waals surface area contributed by atoms with Crippen LogP contribution in [0.4, 0.5) is 0 Å². The van der Waals surface area contributed by atoms with Crippen LogP contribution in [0.25, 0.3) is 10.8 Å². The van der Waals surface area contributed by atoms with E-state index in [2.05, 4.69) is 23.5 Å². The van der Waals surface area contributed by atoms with Crippen molar-refractivity contribution in [2.24, 2.45) is 0 Å². The molecule has 0 spiro atoms. The van der Waals surface area contributed by atoms with Gasteiger partial charge in [0.05, 0.1) is 5.02 Å². The molecule has 1 N–H and O–H groups in total. The van der Waals surface area contributed by atoms with Crippen molar-refractivity contribution >= 4 is 28.3 Å². The second-order valence-corrected chi connectivity index (χ2v) is 6.21. The fraction of sp³-hybridized carbons (Fsp3) is 0.190. The van der Waals surface area contributed by atoms with E-state index in [0.29, 0.717) is 23.7 Å². The van der Waals surface area contributed by atoms with E-state index in [1.807, 2.05) is 43.3 Å². The number of rotatable bonds is 6. The highest BCUT2D eigenvalue weighted by Gasteiger charge is 2.19. The maximum Gasteiger partial charge on any atom is 0.261 e. The number of benzene rings is 3. The van der Waals surface area contributed by atoms with Crippen molar-refractivity contribution in [2.75, 3.05) is 0 Å². The average Bonchev–Trinajstić information content (AvgIpc) is 2.65. The topological polar surface area (TPSA) is 38.3 Å².